The maximum absolute atomic E-state index is 12.9. The number of amides is 1. The molecular weight excluding hydrogens is 317 g/mol. The Morgan fingerprint density at radius 2 is 1.87 bits per heavy atom. The molecule has 0 bridgehead atoms. The highest BCUT2D eigenvalue weighted by Gasteiger charge is 2.61. The predicted molar refractivity (Wildman–Crippen MR) is 72.0 cm³/mol. The number of rotatable bonds is 5. The first-order valence-electron chi connectivity index (χ1n) is 6.40. The lowest BCUT2D eigenvalue weighted by atomic mass is 9.98. The lowest BCUT2D eigenvalue weighted by molar-refractivity contribution is -0.262. The maximum atomic E-state index is 12.9. The number of anilines is 1. The molecule has 0 fully saturated rings. The Balaban J connectivity index is 2.89. The fourth-order valence-electron chi connectivity index (χ4n) is 1.60. The van der Waals surface area contributed by atoms with E-state index < -0.39 is 30.1 Å². The molecule has 0 saturated heterocycles. The second-order valence-electron chi connectivity index (χ2n) is 4.49. The van der Waals surface area contributed by atoms with Gasteiger partial charge in [0.1, 0.15) is 0 Å². The summed E-state index contributed by atoms with van der Waals surface area (Å²) in [5.74, 6) is -3.18. The van der Waals surface area contributed by atoms with E-state index in [1.807, 2.05) is 6.07 Å². The van der Waals surface area contributed by atoms with Crippen LogP contribution < -0.4 is 5.32 Å². The zero-order valence-electron chi connectivity index (χ0n) is 12.0. The highest BCUT2D eigenvalue weighted by molar-refractivity contribution is 5.96. The molecule has 0 saturated carbocycles. The minimum absolute atomic E-state index is 0.113. The second-order valence-corrected chi connectivity index (χ2v) is 4.49. The van der Waals surface area contributed by atoms with Gasteiger partial charge in [-0.15, -0.1) is 0 Å². The molecule has 0 heterocycles. The summed E-state index contributed by atoms with van der Waals surface area (Å²) in [6, 6.07) is 7.12. The van der Waals surface area contributed by atoms with Crippen LogP contribution in [0.25, 0.3) is 0 Å². The van der Waals surface area contributed by atoms with Gasteiger partial charge in [0.25, 0.3) is 5.60 Å². The van der Waals surface area contributed by atoms with Crippen molar-refractivity contribution in [2.45, 2.75) is 25.1 Å². The molecule has 9 heteroatoms. The number of carbonyl (C=O) groups is 2. The van der Waals surface area contributed by atoms with Crippen molar-refractivity contribution in [3.8, 4) is 6.07 Å². The molecule has 124 valence electrons. The van der Waals surface area contributed by atoms with Crippen molar-refractivity contribution in [1.82, 2.24) is 0 Å². The van der Waals surface area contributed by atoms with Crippen molar-refractivity contribution in [2.24, 2.45) is 0 Å². The number of nitriles is 1. The minimum Gasteiger partial charge on any atom is -0.464 e. The van der Waals surface area contributed by atoms with Gasteiger partial charge < -0.3 is 15.2 Å². The molecule has 0 aliphatic carbocycles. The Bertz CT molecular complexity index is 622. The van der Waals surface area contributed by atoms with E-state index in [2.05, 4.69) is 10.1 Å². The first-order valence-corrected chi connectivity index (χ1v) is 6.40. The van der Waals surface area contributed by atoms with Crippen LogP contribution in [-0.4, -0.2) is 35.4 Å². The van der Waals surface area contributed by atoms with E-state index in [1.165, 1.54) is 31.2 Å². The molecule has 1 atom stereocenters. The smallest absolute Gasteiger partial charge is 0.428 e. The van der Waals surface area contributed by atoms with E-state index in [9.17, 15) is 27.9 Å². The standard InChI is InChI=1S/C14H13F3N2O4/c1-2-23-12(21)13(22,14(15,16)17)7-11(20)19-10-5-3-9(8-18)4-6-10/h3-6,22H,2,7H2,1H3,(H,19,20)/t13-/m0/s1. The molecule has 1 aromatic rings. The highest BCUT2D eigenvalue weighted by Crippen LogP contribution is 2.34. The van der Waals surface area contributed by atoms with E-state index in [1.54, 1.807) is 0 Å². The van der Waals surface area contributed by atoms with Gasteiger partial charge in [0.05, 0.1) is 24.7 Å². The molecule has 0 aromatic heterocycles. The van der Waals surface area contributed by atoms with E-state index >= 15 is 0 Å². The summed E-state index contributed by atoms with van der Waals surface area (Å²) in [5.41, 5.74) is -3.52. The number of hydrogen-bond acceptors (Lipinski definition) is 5. The summed E-state index contributed by atoms with van der Waals surface area (Å²) < 4.78 is 42.9. The number of carbonyl (C=O) groups excluding carboxylic acids is 2. The fraction of sp³-hybridized carbons (Fsp3) is 0.357. The first kappa shape index (κ1) is 18.4. The number of hydrogen-bond donors (Lipinski definition) is 2. The van der Waals surface area contributed by atoms with Gasteiger partial charge in [-0.2, -0.15) is 18.4 Å². The van der Waals surface area contributed by atoms with Gasteiger partial charge in [0, 0.05) is 5.69 Å². The Labute approximate surface area is 129 Å². The Morgan fingerprint density at radius 3 is 2.30 bits per heavy atom. The average molecular weight is 330 g/mol. The SMILES string of the molecule is CCOC(=O)[C@@](O)(CC(=O)Nc1ccc(C#N)cc1)C(F)(F)F. The van der Waals surface area contributed by atoms with E-state index in [0.717, 1.165) is 0 Å². The van der Waals surface area contributed by atoms with Crippen molar-refractivity contribution in [3.63, 3.8) is 0 Å². The Kier molecular flexibility index (Phi) is 5.70. The van der Waals surface area contributed by atoms with E-state index in [4.69, 9.17) is 5.26 Å². The third kappa shape index (κ3) is 4.43. The summed E-state index contributed by atoms with van der Waals surface area (Å²) >= 11 is 0. The summed E-state index contributed by atoms with van der Waals surface area (Å²) in [6.07, 6.45) is -6.92. The lowest BCUT2D eigenvalue weighted by Gasteiger charge is -2.27. The number of benzene rings is 1. The zero-order chi connectivity index (χ0) is 17.7. The number of aliphatic hydroxyl groups is 1. The molecule has 1 rings (SSSR count). The molecule has 0 spiro atoms. The molecular formula is C14H13F3N2O4. The molecule has 0 unspecified atom stereocenters. The zero-order valence-corrected chi connectivity index (χ0v) is 12.0. The lowest BCUT2D eigenvalue weighted by Crippen LogP contribution is -2.54. The quantitative estimate of drug-likeness (QED) is 0.801. The Morgan fingerprint density at radius 1 is 1.30 bits per heavy atom. The highest BCUT2D eigenvalue weighted by atomic mass is 19.4. The van der Waals surface area contributed by atoms with Gasteiger partial charge in [-0.1, -0.05) is 0 Å². The summed E-state index contributed by atoms with van der Waals surface area (Å²) in [7, 11) is 0. The molecule has 1 aromatic carbocycles. The number of alkyl halides is 3. The molecule has 0 radical (unpaired) electrons. The van der Waals surface area contributed by atoms with Gasteiger partial charge >= 0.3 is 12.1 Å². The Hall–Kier alpha value is -2.60. The number of ether oxygens (including phenoxy) is 1. The predicted octanol–water partition coefficient (Wildman–Crippen LogP) is 1.74. The monoisotopic (exact) mass is 330 g/mol. The van der Waals surface area contributed by atoms with Crippen LogP contribution in [0.3, 0.4) is 0 Å². The molecule has 2 N–H and O–H groups in total. The van der Waals surface area contributed by atoms with Crippen LogP contribution >= 0.6 is 0 Å². The van der Waals surface area contributed by atoms with Crippen LogP contribution in [0.4, 0.5) is 18.9 Å². The van der Waals surface area contributed by atoms with Crippen molar-refractivity contribution in [3.05, 3.63) is 29.8 Å². The number of nitrogens with one attached hydrogen (secondary N) is 1. The minimum atomic E-state index is -5.37. The average Bonchev–Trinajstić information content (AvgIpc) is 2.46. The van der Waals surface area contributed by atoms with Crippen molar-refractivity contribution in [1.29, 1.82) is 5.26 Å². The van der Waals surface area contributed by atoms with Crippen LogP contribution in [0.1, 0.15) is 18.9 Å². The largest absolute Gasteiger partial charge is 0.464 e. The van der Waals surface area contributed by atoms with Crippen LogP contribution in [0.5, 0.6) is 0 Å². The molecule has 0 aliphatic rings. The topological polar surface area (TPSA) is 99.4 Å². The van der Waals surface area contributed by atoms with Crippen molar-refractivity contribution >= 4 is 17.6 Å². The van der Waals surface area contributed by atoms with Crippen LogP contribution in [0, 0.1) is 11.3 Å². The number of nitrogens with zero attached hydrogens (tertiary/aromatic N) is 1. The molecule has 0 aliphatic heterocycles. The van der Waals surface area contributed by atoms with Gasteiger partial charge in [0.15, 0.2) is 0 Å². The molecule has 23 heavy (non-hydrogen) atoms. The summed E-state index contributed by atoms with van der Waals surface area (Å²) in [6.45, 7) is 0.889. The first-order chi connectivity index (χ1) is 10.6. The number of halogens is 3. The number of esters is 1. The van der Waals surface area contributed by atoms with Crippen LogP contribution in [0.2, 0.25) is 0 Å². The summed E-state index contributed by atoms with van der Waals surface area (Å²) in [4.78, 5) is 23.1. The van der Waals surface area contributed by atoms with Gasteiger partial charge in [-0.3, -0.25) is 4.79 Å². The van der Waals surface area contributed by atoms with Crippen molar-refractivity contribution < 1.29 is 32.6 Å². The van der Waals surface area contributed by atoms with Gasteiger partial charge in [-0.25, -0.2) is 4.79 Å². The van der Waals surface area contributed by atoms with E-state index in [0.29, 0.717) is 5.56 Å². The van der Waals surface area contributed by atoms with Crippen molar-refractivity contribution in [2.75, 3.05) is 11.9 Å². The normalized spacial score (nSPS) is 13.6. The van der Waals surface area contributed by atoms with Gasteiger partial charge in [-0.05, 0) is 31.2 Å². The maximum Gasteiger partial charge on any atom is 0.428 e. The van der Waals surface area contributed by atoms with Crippen LogP contribution in [0.15, 0.2) is 24.3 Å². The molecule has 6 nitrogen and oxygen atoms in total. The molecule has 1 amide bonds. The van der Waals surface area contributed by atoms with E-state index in [-0.39, 0.29) is 12.3 Å². The van der Waals surface area contributed by atoms with Crippen LogP contribution in [-0.2, 0) is 14.3 Å². The second kappa shape index (κ2) is 7.11. The third-order valence-electron chi connectivity index (χ3n) is 2.80. The van der Waals surface area contributed by atoms with Gasteiger partial charge in [0.2, 0.25) is 5.91 Å². The summed E-state index contributed by atoms with van der Waals surface area (Å²) in [5, 5.41) is 20.3. The third-order valence-corrected chi connectivity index (χ3v) is 2.80. The fourth-order valence-corrected chi connectivity index (χ4v) is 1.60.